The molecule has 0 atom stereocenters. The molecule has 94 valence electrons. The van der Waals surface area contributed by atoms with Gasteiger partial charge in [-0.25, -0.2) is 4.98 Å². The van der Waals surface area contributed by atoms with Crippen molar-refractivity contribution in [1.29, 1.82) is 0 Å². The summed E-state index contributed by atoms with van der Waals surface area (Å²) in [5.41, 5.74) is 4.72. The number of amides is 1. The maximum absolute atomic E-state index is 12.0. The van der Waals surface area contributed by atoms with Gasteiger partial charge in [0, 0.05) is 22.8 Å². The fraction of sp³-hybridized carbons (Fsp3) is 0.182. The summed E-state index contributed by atoms with van der Waals surface area (Å²) in [6.45, 7) is 3.63. The average Bonchev–Trinajstić information content (AvgIpc) is 2.74. The molecule has 4 N–H and O–H groups in total. The predicted octanol–water partition coefficient (Wildman–Crippen LogP) is 1.69. The highest BCUT2D eigenvalue weighted by Gasteiger charge is 2.11. The molecule has 1 heterocycles. The lowest BCUT2D eigenvalue weighted by Crippen LogP contribution is -2.14. The van der Waals surface area contributed by atoms with E-state index in [-0.39, 0.29) is 5.91 Å². The van der Waals surface area contributed by atoms with Crippen molar-refractivity contribution in [3.8, 4) is 0 Å². The van der Waals surface area contributed by atoms with Crippen molar-refractivity contribution in [3.63, 3.8) is 0 Å². The summed E-state index contributed by atoms with van der Waals surface area (Å²) in [7, 11) is 0. The smallest absolute Gasteiger partial charge is 0.257 e. The van der Waals surface area contributed by atoms with Gasteiger partial charge >= 0.3 is 0 Å². The maximum Gasteiger partial charge on any atom is 0.257 e. The van der Waals surface area contributed by atoms with Crippen LogP contribution < -0.4 is 16.6 Å². The molecule has 0 fully saturated rings. The number of nitrogens with one attached hydrogen (secondary N) is 2. The molecule has 0 aliphatic rings. The second-order valence-corrected chi connectivity index (χ2v) is 4.53. The quantitative estimate of drug-likeness (QED) is 0.579. The zero-order valence-corrected chi connectivity index (χ0v) is 10.8. The SMILES string of the molecule is Cc1nsc(NC(=O)c2ccc(NN)cc2C)n1. The Bertz CT molecular complexity index is 581. The standard InChI is InChI=1S/C11H13N5OS/c1-6-5-8(15-12)3-4-9(6)10(17)14-11-13-7(2)16-18-11/h3-5,15H,12H2,1-2H3,(H,13,14,16,17). The van der Waals surface area contributed by atoms with Gasteiger partial charge in [0.1, 0.15) is 5.82 Å². The Labute approximate surface area is 108 Å². The molecule has 18 heavy (non-hydrogen) atoms. The summed E-state index contributed by atoms with van der Waals surface area (Å²) >= 11 is 1.16. The normalized spacial score (nSPS) is 10.2. The molecule has 0 spiro atoms. The Morgan fingerprint density at radius 1 is 1.39 bits per heavy atom. The van der Waals surface area contributed by atoms with E-state index in [0.29, 0.717) is 16.5 Å². The number of aryl methyl sites for hydroxylation is 2. The van der Waals surface area contributed by atoms with Gasteiger partial charge in [-0.1, -0.05) is 0 Å². The zero-order chi connectivity index (χ0) is 13.1. The lowest BCUT2D eigenvalue weighted by molar-refractivity contribution is 0.102. The van der Waals surface area contributed by atoms with E-state index < -0.39 is 0 Å². The van der Waals surface area contributed by atoms with Crippen LogP contribution in [0, 0.1) is 13.8 Å². The van der Waals surface area contributed by atoms with E-state index in [1.165, 1.54) is 0 Å². The van der Waals surface area contributed by atoms with Gasteiger partial charge in [0.15, 0.2) is 0 Å². The van der Waals surface area contributed by atoms with Crippen LogP contribution in [0.1, 0.15) is 21.7 Å². The van der Waals surface area contributed by atoms with Crippen molar-refractivity contribution >= 4 is 28.3 Å². The third-order valence-electron chi connectivity index (χ3n) is 2.39. The van der Waals surface area contributed by atoms with Gasteiger partial charge in [0.2, 0.25) is 5.13 Å². The van der Waals surface area contributed by atoms with Crippen LogP contribution in [0.25, 0.3) is 0 Å². The Balaban J connectivity index is 2.18. The Hall–Kier alpha value is -1.99. The Kier molecular flexibility index (Phi) is 3.54. The molecule has 2 aromatic rings. The van der Waals surface area contributed by atoms with E-state index in [1.54, 1.807) is 25.1 Å². The van der Waals surface area contributed by atoms with Crippen LogP contribution in [0.15, 0.2) is 18.2 Å². The minimum absolute atomic E-state index is 0.202. The zero-order valence-electron chi connectivity index (χ0n) is 10.0. The van der Waals surface area contributed by atoms with Crippen LogP contribution in [0.5, 0.6) is 0 Å². The molecular formula is C11H13N5OS. The number of carbonyl (C=O) groups excluding carboxylic acids is 1. The molecule has 7 heteroatoms. The molecule has 2 rings (SSSR count). The number of hydrogen-bond acceptors (Lipinski definition) is 6. The first-order valence-corrected chi connectivity index (χ1v) is 6.06. The molecule has 1 aromatic carbocycles. The number of anilines is 2. The highest BCUT2D eigenvalue weighted by molar-refractivity contribution is 7.09. The lowest BCUT2D eigenvalue weighted by Gasteiger charge is -2.07. The molecule has 1 aromatic heterocycles. The third-order valence-corrected chi connectivity index (χ3v) is 3.11. The van der Waals surface area contributed by atoms with Crippen LogP contribution in [-0.2, 0) is 0 Å². The fourth-order valence-electron chi connectivity index (χ4n) is 1.52. The number of nitrogen functional groups attached to an aromatic ring is 1. The van der Waals surface area contributed by atoms with E-state index in [0.717, 1.165) is 22.8 Å². The van der Waals surface area contributed by atoms with Crippen molar-refractivity contribution in [2.75, 3.05) is 10.7 Å². The van der Waals surface area contributed by atoms with Crippen molar-refractivity contribution < 1.29 is 4.79 Å². The summed E-state index contributed by atoms with van der Waals surface area (Å²) in [4.78, 5) is 16.1. The largest absolute Gasteiger partial charge is 0.324 e. The van der Waals surface area contributed by atoms with Gasteiger partial charge in [-0.2, -0.15) is 4.37 Å². The second-order valence-electron chi connectivity index (χ2n) is 3.77. The number of rotatable bonds is 3. The van der Waals surface area contributed by atoms with E-state index in [1.807, 2.05) is 6.92 Å². The van der Waals surface area contributed by atoms with Gasteiger partial charge in [0.25, 0.3) is 5.91 Å². The second kappa shape index (κ2) is 5.11. The van der Waals surface area contributed by atoms with Crippen LogP contribution >= 0.6 is 11.5 Å². The van der Waals surface area contributed by atoms with Crippen molar-refractivity contribution in [2.45, 2.75) is 13.8 Å². The van der Waals surface area contributed by atoms with Gasteiger partial charge in [0.05, 0.1) is 0 Å². The van der Waals surface area contributed by atoms with Crippen molar-refractivity contribution in [3.05, 3.63) is 35.2 Å². The summed E-state index contributed by atoms with van der Waals surface area (Å²) in [5, 5.41) is 3.21. The summed E-state index contributed by atoms with van der Waals surface area (Å²) in [6, 6.07) is 5.27. The number of aromatic nitrogens is 2. The van der Waals surface area contributed by atoms with Gasteiger partial charge in [-0.3, -0.25) is 16.0 Å². The summed E-state index contributed by atoms with van der Waals surface area (Å²) < 4.78 is 4.00. The monoisotopic (exact) mass is 263 g/mol. The molecular weight excluding hydrogens is 250 g/mol. The Morgan fingerprint density at radius 2 is 2.17 bits per heavy atom. The third kappa shape index (κ3) is 2.63. The average molecular weight is 263 g/mol. The number of nitrogens with zero attached hydrogens (tertiary/aromatic N) is 2. The van der Waals surface area contributed by atoms with Crippen molar-refractivity contribution in [2.24, 2.45) is 5.84 Å². The van der Waals surface area contributed by atoms with E-state index in [9.17, 15) is 4.79 Å². The predicted molar refractivity (Wildman–Crippen MR) is 71.6 cm³/mol. The highest BCUT2D eigenvalue weighted by Crippen LogP contribution is 2.17. The van der Waals surface area contributed by atoms with Gasteiger partial charge in [-0.15, -0.1) is 0 Å². The summed E-state index contributed by atoms with van der Waals surface area (Å²) in [6.07, 6.45) is 0. The maximum atomic E-state index is 12.0. The van der Waals surface area contributed by atoms with Crippen LogP contribution in [0.3, 0.4) is 0 Å². The molecule has 0 unspecified atom stereocenters. The molecule has 0 aliphatic heterocycles. The fourth-order valence-corrected chi connectivity index (χ4v) is 2.09. The topological polar surface area (TPSA) is 92.9 Å². The van der Waals surface area contributed by atoms with E-state index in [2.05, 4.69) is 20.1 Å². The molecule has 0 radical (unpaired) electrons. The van der Waals surface area contributed by atoms with E-state index in [4.69, 9.17) is 5.84 Å². The van der Waals surface area contributed by atoms with Crippen molar-refractivity contribution in [1.82, 2.24) is 9.36 Å². The lowest BCUT2D eigenvalue weighted by atomic mass is 10.1. The van der Waals surface area contributed by atoms with E-state index >= 15 is 0 Å². The number of benzene rings is 1. The first-order valence-electron chi connectivity index (χ1n) is 5.29. The molecule has 1 amide bonds. The minimum Gasteiger partial charge on any atom is -0.324 e. The van der Waals surface area contributed by atoms with Crippen LogP contribution in [0.4, 0.5) is 10.8 Å². The Morgan fingerprint density at radius 3 is 2.72 bits per heavy atom. The number of hydrazine groups is 1. The molecule has 6 nitrogen and oxygen atoms in total. The summed E-state index contributed by atoms with van der Waals surface area (Å²) in [5.74, 6) is 5.75. The van der Waals surface area contributed by atoms with Crippen LogP contribution in [0.2, 0.25) is 0 Å². The molecule has 0 bridgehead atoms. The first-order chi connectivity index (χ1) is 8.60. The van der Waals surface area contributed by atoms with Gasteiger partial charge in [-0.05, 0) is 37.6 Å². The highest BCUT2D eigenvalue weighted by atomic mass is 32.1. The number of nitrogens with two attached hydrogens (primary N) is 1. The van der Waals surface area contributed by atoms with Gasteiger partial charge < -0.3 is 5.43 Å². The first kappa shape index (κ1) is 12.5. The molecule has 0 aliphatic carbocycles. The molecule has 0 saturated carbocycles. The number of carbonyl (C=O) groups is 1. The molecule has 0 saturated heterocycles. The number of hydrogen-bond donors (Lipinski definition) is 3. The minimum atomic E-state index is -0.202. The van der Waals surface area contributed by atoms with Crippen LogP contribution in [-0.4, -0.2) is 15.3 Å².